The number of halogens is 2. The summed E-state index contributed by atoms with van der Waals surface area (Å²) < 4.78 is 31.6. The Morgan fingerprint density at radius 3 is 2.36 bits per heavy atom. The molecule has 0 heterocycles. The van der Waals surface area contributed by atoms with Crippen molar-refractivity contribution in [1.82, 2.24) is 10.2 Å². The first-order chi connectivity index (χ1) is 16.9. The Morgan fingerprint density at radius 1 is 1.11 bits per heavy atom. The zero-order chi connectivity index (χ0) is 27.0. The Morgan fingerprint density at radius 2 is 1.81 bits per heavy atom. The third kappa shape index (κ3) is 8.28. The van der Waals surface area contributed by atoms with Gasteiger partial charge in [0.2, 0.25) is 21.8 Å². The van der Waals surface area contributed by atoms with Gasteiger partial charge >= 0.3 is 0 Å². The molecule has 0 aromatic heterocycles. The molecular formula is C25H33Cl2N3O5S. The lowest BCUT2D eigenvalue weighted by Crippen LogP contribution is -2.52. The van der Waals surface area contributed by atoms with Crippen LogP contribution in [0, 0.1) is 5.92 Å². The number of sulfonamides is 1. The average Bonchev–Trinajstić information content (AvgIpc) is 2.80. The van der Waals surface area contributed by atoms with Gasteiger partial charge in [0.15, 0.2) is 0 Å². The van der Waals surface area contributed by atoms with E-state index < -0.39 is 28.5 Å². The summed E-state index contributed by atoms with van der Waals surface area (Å²) in [5.41, 5.74) is 0.851. The normalized spacial score (nSPS) is 12.2. The van der Waals surface area contributed by atoms with Crippen LogP contribution in [0.5, 0.6) is 5.75 Å². The average molecular weight is 559 g/mol. The van der Waals surface area contributed by atoms with Gasteiger partial charge in [-0.3, -0.25) is 13.9 Å². The first-order valence-corrected chi connectivity index (χ1v) is 14.1. The van der Waals surface area contributed by atoms with Crippen LogP contribution < -0.4 is 14.4 Å². The Kier molecular flexibility index (Phi) is 10.9. The number of hydrogen-bond acceptors (Lipinski definition) is 5. The number of methoxy groups -OCH3 is 1. The summed E-state index contributed by atoms with van der Waals surface area (Å²) in [5.74, 6) is -0.0386. The molecule has 36 heavy (non-hydrogen) atoms. The number of hydrogen-bond donors (Lipinski definition) is 1. The van der Waals surface area contributed by atoms with Gasteiger partial charge in [-0.15, -0.1) is 0 Å². The minimum absolute atomic E-state index is 0.0790. The highest BCUT2D eigenvalue weighted by molar-refractivity contribution is 7.92. The SMILES string of the molecule is CC[C@@H](C(=O)NCC(C)C)N(Cc1cccc(OC)c1)C(=O)CN(c1ccc(Cl)cc1Cl)S(C)(=O)=O. The van der Waals surface area contributed by atoms with Gasteiger partial charge in [-0.2, -0.15) is 0 Å². The van der Waals surface area contributed by atoms with Gasteiger partial charge in [-0.1, -0.05) is 56.1 Å². The van der Waals surface area contributed by atoms with Crippen molar-refractivity contribution in [3.05, 3.63) is 58.1 Å². The lowest BCUT2D eigenvalue weighted by atomic mass is 10.1. The number of benzene rings is 2. The van der Waals surface area contributed by atoms with Crippen molar-refractivity contribution < 1.29 is 22.7 Å². The van der Waals surface area contributed by atoms with E-state index >= 15 is 0 Å². The van der Waals surface area contributed by atoms with E-state index in [1.54, 1.807) is 25.1 Å². The van der Waals surface area contributed by atoms with Crippen molar-refractivity contribution in [2.75, 3.05) is 30.8 Å². The number of amides is 2. The number of anilines is 1. The van der Waals surface area contributed by atoms with Gasteiger partial charge in [-0.25, -0.2) is 8.42 Å². The molecule has 198 valence electrons. The lowest BCUT2D eigenvalue weighted by Gasteiger charge is -2.33. The number of carbonyl (C=O) groups excluding carboxylic acids is 2. The summed E-state index contributed by atoms with van der Waals surface area (Å²) in [6.45, 7) is 5.73. The van der Waals surface area contributed by atoms with Crippen molar-refractivity contribution >= 4 is 50.7 Å². The molecule has 8 nitrogen and oxygen atoms in total. The number of carbonyl (C=O) groups is 2. The maximum absolute atomic E-state index is 13.7. The number of rotatable bonds is 12. The number of nitrogens with zero attached hydrogens (tertiary/aromatic N) is 2. The number of nitrogens with one attached hydrogen (secondary N) is 1. The fraction of sp³-hybridized carbons (Fsp3) is 0.440. The van der Waals surface area contributed by atoms with Gasteiger partial charge in [0.1, 0.15) is 18.3 Å². The van der Waals surface area contributed by atoms with E-state index in [2.05, 4.69) is 5.32 Å². The molecule has 0 radical (unpaired) electrons. The third-order valence-electron chi connectivity index (χ3n) is 5.42. The van der Waals surface area contributed by atoms with Gasteiger partial charge in [0, 0.05) is 18.1 Å². The van der Waals surface area contributed by atoms with Crippen molar-refractivity contribution in [2.24, 2.45) is 5.92 Å². The summed E-state index contributed by atoms with van der Waals surface area (Å²) in [5, 5.41) is 3.30. The van der Waals surface area contributed by atoms with E-state index in [1.807, 2.05) is 19.9 Å². The molecular weight excluding hydrogens is 525 g/mol. The largest absolute Gasteiger partial charge is 0.497 e. The lowest BCUT2D eigenvalue weighted by molar-refractivity contribution is -0.140. The van der Waals surface area contributed by atoms with E-state index in [0.717, 1.165) is 16.1 Å². The molecule has 2 rings (SSSR count). The second-order valence-corrected chi connectivity index (χ2v) is 11.6. The minimum Gasteiger partial charge on any atom is -0.497 e. The van der Waals surface area contributed by atoms with Crippen LogP contribution in [0.1, 0.15) is 32.8 Å². The third-order valence-corrected chi connectivity index (χ3v) is 7.08. The fourth-order valence-corrected chi connectivity index (χ4v) is 5.01. The molecule has 0 spiro atoms. The standard InChI is InChI=1S/C25H33Cl2N3O5S/c1-6-22(25(32)28-14-17(2)3)29(15-18-8-7-9-20(12-18)35-4)24(31)16-30(36(5,33)34)23-11-10-19(26)13-21(23)27/h7-13,17,22H,6,14-16H2,1-5H3,(H,28,32)/t22-/m0/s1. The molecule has 11 heteroatoms. The maximum atomic E-state index is 13.7. The predicted octanol–water partition coefficient (Wildman–Crippen LogP) is 4.35. The molecule has 0 aliphatic rings. The van der Waals surface area contributed by atoms with Gasteiger partial charge in [-0.05, 0) is 48.2 Å². The van der Waals surface area contributed by atoms with Crippen LogP contribution in [-0.2, 0) is 26.2 Å². The second kappa shape index (κ2) is 13.2. The highest BCUT2D eigenvalue weighted by atomic mass is 35.5. The molecule has 0 aliphatic carbocycles. The molecule has 0 fully saturated rings. The zero-order valence-corrected chi connectivity index (χ0v) is 23.5. The maximum Gasteiger partial charge on any atom is 0.244 e. The summed E-state index contributed by atoms with van der Waals surface area (Å²) in [4.78, 5) is 28.2. The Bertz CT molecular complexity index is 1170. The van der Waals surface area contributed by atoms with Crippen molar-refractivity contribution in [2.45, 2.75) is 39.8 Å². The Balaban J connectivity index is 2.47. The quantitative estimate of drug-likeness (QED) is 0.418. The first kappa shape index (κ1) is 29.7. The smallest absolute Gasteiger partial charge is 0.244 e. The molecule has 1 N–H and O–H groups in total. The van der Waals surface area contributed by atoms with Crippen molar-refractivity contribution in [3.8, 4) is 5.75 Å². The van der Waals surface area contributed by atoms with E-state index in [4.69, 9.17) is 27.9 Å². The highest BCUT2D eigenvalue weighted by Crippen LogP contribution is 2.30. The zero-order valence-electron chi connectivity index (χ0n) is 21.1. The molecule has 0 bridgehead atoms. The van der Waals surface area contributed by atoms with Crippen LogP contribution in [0.25, 0.3) is 0 Å². The van der Waals surface area contributed by atoms with Gasteiger partial charge in [0.25, 0.3) is 0 Å². The molecule has 2 aromatic carbocycles. The molecule has 2 amide bonds. The molecule has 1 atom stereocenters. The predicted molar refractivity (Wildman–Crippen MR) is 144 cm³/mol. The van der Waals surface area contributed by atoms with Crippen molar-refractivity contribution in [3.63, 3.8) is 0 Å². The Hall–Kier alpha value is -2.49. The van der Waals surface area contributed by atoms with Gasteiger partial charge in [0.05, 0.1) is 24.1 Å². The van der Waals surface area contributed by atoms with Crippen LogP contribution in [0.15, 0.2) is 42.5 Å². The highest BCUT2D eigenvalue weighted by Gasteiger charge is 2.32. The van der Waals surface area contributed by atoms with Crippen LogP contribution >= 0.6 is 23.2 Å². The van der Waals surface area contributed by atoms with Crippen LogP contribution in [0.3, 0.4) is 0 Å². The summed E-state index contributed by atoms with van der Waals surface area (Å²) >= 11 is 12.2. The molecule has 0 aliphatic heterocycles. The van der Waals surface area contributed by atoms with E-state index in [9.17, 15) is 18.0 Å². The van der Waals surface area contributed by atoms with Gasteiger partial charge < -0.3 is 15.0 Å². The molecule has 0 saturated carbocycles. The van der Waals surface area contributed by atoms with Crippen molar-refractivity contribution in [1.29, 1.82) is 0 Å². The summed E-state index contributed by atoms with van der Waals surface area (Å²) in [6, 6.07) is 10.7. The van der Waals surface area contributed by atoms with Crippen LogP contribution in [-0.4, -0.2) is 57.6 Å². The summed E-state index contributed by atoms with van der Waals surface area (Å²) in [7, 11) is -2.36. The minimum atomic E-state index is -3.90. The van der Waals surface area contributed by atoms with Crippen LogP contribution in [0.2, 0.25) is 10.0 Å². The fourth-order valence-electron chi connectivity index (χ4n) is 3.59. The van der Waals surface area contributed by atoms with E-state index in [-0.39, 0.29) is 29.1 Å². The molecule has 0 unspecified atom stereocenters. The van der Waals surface area contributed by atoms with E-state index in [0.29, 0.717) is 23.7 Å². The topological polar surface area (TPSA) is 96.0 Å². The van der Waals surface area contributed by atoms with Crippen LogP contribution in [0.4, 0.5) is 5.69 Å². The second-order valence-electron chi connectivity index (χ2n) is 8.80. The molecule has 2 aromatic rings. The van der Waals surface area contributed by atoms with E-state index in [1.165, 1.54) is 30.2 Å². The monoisotopic (exact) mass is 557 g/mol. The molecule has 0 saturated heterocycles. The first-order valence-electron chi connectivity index (χ1n) is 11.5. The Labute approximate surface area is 223 Å². The number of ether oxygens (including phenoxy) is 1. The summed E-state index contributed by atoms with van der Waals surface area (Å²) in [6.07, 6.45) is 1.32.